The monoisotopic (exact) mass is 450 g/mol. The summed E-state index contributed by atoms with van der Waals surface area (Å²) in [6.45, 7) is 1.89. The van der Waals surface area contributed by atoms with Gasteiger partial charge >= 0.3 is 0 Å². The molecule has 0 aliphatic heterocycles. The maximum Gasteiger partial charge on any atom is 0.291 e. The zero-order valence-electron chi connectivity index (χ0n) is 16.5. The van der Waals surface area contributed by atoms with Crippen molar-refractivity contribution in [1.29, 1.82) is 0 Å². The zero-order chi connectivity index (χ0) is 21.6. The van der Waals surface area contributed by atoms with Gasteiger partial charge in [-0.25, -0.2) is 0 Å². The van der Waals surface area contributed by atoms with Crippen LogP contribution in [0, 0.1) is 6.92 Å². The van der Waals surface area contributed by atoms with Crippen molar-refractivity contribution < 1.29 is 13.2 Å². The Morgan fingerprint density at radius 3 is 2.58 bits per heavy atom. The quantitative estimate of drug-likeness (QED) is 0.445. The lowest BCUT2D eigenvalue weighted by Gasteiger charge is -2.10. The van der Waals surface area contributed by atoms with Crippen LogP contribution in [0.1, 0.15) is 27.0 Å². The molecular formula is C22H18N4O3S2. The third-order valence-corrected chi connectivity index (χ3v) is 7.83. The summed E-state index contributed by atoms with van der Waals surface area (Å²) in [5, 5.41) is 12.3. The van der Waals surface area contributed by atoms with Crippen molar-refractivity contribution >= 4 is 48.9 Å². The number of aromatic nitrogens is 2. The molecule has 0 fully saturated rings. The standard InChI is InChI=1S/C22H18N4O3S2/c1-13-4-2-6-16(12-13)20(27)23-21-24-25-22(30-21)31(28,29)26-18-11-10-15-9-8-14-5-3-7-17(18)19(14)15/h2-7,10-12,26H,8-9H2,1H3,(H,23,24,27). The van der Waals surface area contributed by atoms with Crippen LogP contribution in [-0.4, -0.2) is 24.5 Å². The maximum absolute atomic E-state index is 12.9. The molecule has 1 aliphatic carbocycles. The van der Waals surface area contributed by atoms with E-state index in [1.54, 1.807) is 24.3 Å². The molecule has 0 saturated heterocycles. The van der Waals surface area contributed by atoms with Crippen LogP contribution in [0.2, 0.25) is 0 Å². The zero-order valence-corrected chi connectivity index (χ0v) is 18.2. The molecule has 9 heteroatoms. The molecular weight excluding hydrogens is 432 g/mol. The number of nitrogens with one attached hydrogen (secondary N) is 2. The van der Waals surface area contributed by atoms with Crippen LogP contribution in [0.25, 0.3) is 10.8 Å². The van der Waals surface area contributed by atoms with Gasteiger partial charge in [-0.2, -0.15) is 8.42 Å². The van der Waals surface area contributed by atoms with Gasteiger partial charge in [-0.15, -0.1) is 10.2 Å². The van der Waals surface area contributed by atoms with E-state index in [4.69, 9.17) is 0 Å². The number of sulfonamides is 1. The first-order chi connectivity index (χ1) is 14.9. The Morgan fingerprint density at radius 2 is 1.77 bits per heavy atom. The number of rotatable bonds is 5. The first-order valence-electron chi connectivity index (χ1n) is 9.68. The lowest BCUT2D eigenvalue weighted by molar-refractivity contribution is 0.102. The van der Waals surface area contributed by atoms with E-state index in [-0.39, 0.29) is 15.4 Å². The molecule has 1 aromatic heterocycles. The topological polar surface area (TPSA) is 101 Å². The predicted octanol–water partition coefficient (Wildman–Crippen LogP) is 4.15. The van der Waals surface area contributed by atoms with Gasteiger partial charge in [-0.3, -0.25) is 14.8 Å². The Kier molecular flexibility index (Phi) is 4.71. The average Bonchev–Trinajstić information content (AvgIpc) is 3.39. The molecule has 0 radical (unpaired) electrons. The normalized spacial score (nSPS) is 12.8. The number of hydrogen-bond acceptors (Lipinski definition) is 6. The van der Waals surface area contributed by atoms with Crippen LogP contribution in [0.5, 0.6) is 0 Å². The highest BCUT2D eigenvalue weighted by atomic mass is 32.2. The number of nitrogens with zero attached hydrogens (tertiary/aromatic N) is 2. The molecule has 1 aliphatic rings. The van der Waals surface area contributed by atoms with Crippen molar-refractivity contribution in [2.24, 2.45) is 0 Å². The lowest BCUT2D eigenvalue weighted by atomic mass is 10.0. The molecule has 7 nitrogen and oxygen atoms in total. The van der Waals surface area contributed by atoms with Gasteiger partial charge in [0.1, 0.15) is 0 Å². The Hall–Kier alpha value is -3.30. The number of aryl methyl sites for hydroxylation is 3. The third-order valence-electron chi connectivity index (χ3n) is 5.26. The number of anilines is 2. The van der Waals surface area contributed by atoms with Gasteiger partial charge in [0.25, 0.3) is 20.3 Å². The highest BCUT2D eigenvalue weighted by Gasteiger charge is 2.24. The number of hydrogen-bond donors (Lipinski definition) is 2. The van der Waals surface area contributed by atoms with Crippen molar-refractivity contribution in [3.63, 3.8) is 0 Å². The van der Waals surface area contributed by atoms with Gasteiger partial charge in [0, 0.05) is 10.9 Å². The van der Waals surface area contributed by atoms with Gasteiger partial charge in [0.2, 0.25) is 5.13 Å². The van der Waals surface area contributed by atoms with Crippen molar-refractivity contribution in [2.45, 2.75) is 24.1 Å². The van der Waals surface area contributed by atoms with E-state index in [1.165, 1.54) is 11.1 Å². The molecule has 31 heavy (non-hydrogen) atoms. The first kappa shape index (κ1) is 19.7. The second-order valence-electron chi connectivity index (χ2n) is 7.41. The summed E-state index contributed by atoms with van der Waals surface area (Å²) in [6, 6.07) is 16.8. The van der Waals surface area contributed by atoms with Crippen LogP contribution < -0.4 is 10.0 Å². The summed E-state index contributed by atoms with van der Waals surface area (Å²) in [4.78, 5) is 12.4. The summed E-state index contributed by atoms with van der Waals surface area (Å²) < 4.78 is 28.3. The minimum Gasteiger partial charge on any atom is -0.296 e. The van der Waals surface area contributed by atoms with Gasteiger partial charge in [-0.1, -0.05) is 53.3 Å². The average molecular weight is 451 g/mol. The largest absolute Gasteiger partial charge is 0.296 e. The number of amides is 1. The van der Waals surface area contributed by atoms with Crippen molar-refractivity contribution in [3.05, 3.63) is 76.9 Å². The van der Waals surface area contributed by atoms with Gasteiger partial charge < -0.3 is 0 Å². The van der Waals surface area contributed by atoms with Gasteiger partial charge in [0.05, 0.1) is 5.69 Å². The van der Waals surface area contributed by atoms with Crippen molar-refractivity contribution in [2.75, 3.05) is 10.0 Å². The fourth-order valence-electron chi connectivity index (χ4n) is 3.85. The molecule has 0 unspecified atom stereocenters. The van der Waals surface area contributed by atoms with Crippen molar-refractivity contribution in [3.8, 4) is 0 Å². The van der Waals surface area contributed by atoms with E-state index in [9.17, 15) is 13.2 Å². The molecule has 1 amide bonds. The van der Waals surface area contributed by atoms with E-state index in [1.807, 2.05) is 31.2 Å². The fourth-order valence-corrected chi connectivity index (χ4v) is 5.82. The smallest absolute Gasteiger partial charge is 0.291 e. The molecule has 0 spiro atoms. The number of carbonyl (C=O) groups excluding carboxylic acids is 1. The SMILES string of the molecule is Cc1cccc(C(=O)Nc2nnc(S(=O)(=O)Nc3ccc4c5c(cccc35)CC4)s2)c1. The van der Waals surface area contributed by atoms with Crippen LogP contribution >= 0.6 is 11.3 Å². The predicted molar refractivity (Wildman–Crippen MR) is 121 cm³/mol. The maximum atomic E-state index is 12.9. The summed E-state index contributed by atoms with van der Waals surface area (Å²) in [5.74, 6) is -0.371. The minimum absolute atomic E-state index is 0.118. The Morgan fingerprint density at radius 1 is 1.00 bits per heavy atom. The van der Waals surface area contributed by atoms with E-state index in [0.29, 0.717) is 11.3 Å². The Balaban J connectivity index is 1.40. The van der Waals surface area contributed by atoms with E-state index in [2.05, 4.69) is 26.3 Å². The molecule has 4 aromatic rings. The Bertz CT molecular complexity index is 1430. The lowest BCUT2D eigenvalue weighted by Crippen LogP contribution is -2.13. The molecule has 3 aromatic carbocycles. The highest BCUT2D eigenvalue weighted by molar-refractivity contribution is 7.94. The van der Waals surface area contributed by atoms with Crippen LogP contribution in [0.4, 0.5) is 10.8 Å². The fraction of sp³-hybridized carbons (Fsp3) is 0.136. The number of carbonyl (C=O) groups is 1. The number of benzene rings is 3. The summed E-state index contributed by atoms with van der Waals surface area (Å²) in [6.07, 6.45) is 1.92. The molecule has 156 valence electrons. The summed E-state index contributed by atoms with van der Waals surface area (Å²) in [5.41, 5.74) is 4.37. The molecule has 0 saturated carbocycles. The summed E-state index contributed by atoms with van der Waals surface area (Å²) in [7, 11) is -3.95. The van der Waals surface area contributed by atoms with Crippen LogP contribution in [0.3, 0.4) is 0 Å². The molecule has 1 heterocycles. The molecule has 5 rings (SSSR count). The Labute approximate surface area is 183 Å². The first-order valence-corrected chi connectivity index (χ1v) is 12.0. The second kappa shape index (κ2) is 7.44. The summed E-state index contributed by atoms with van der Waals surface area (Å²) >= 11 is 0.806. The minimum atomic E-state index is -3.95. The molecule has 0 bridgehead atoms. The van der Waals surface area contributed by atoms with Crippen molar-refractivity contribution in [1.82, 2.24) is 10.2 Å². The molecule has 0 atom stereocenters. The van der Waals surface area contributed by atoms with E-state index >= 15 is 0 Å². The van der Waals surface area contributed by atoms with Crippen LogP contribution in [0.15, 0.2) is 58.9 Å². The highest BCUT2D eigenvalue weighted by Crippen LogP contribution is 2.36. The molecule has 2 N–H and O–H groups in total. The van der Waals surface area contributed by atoms with Crippen LogP contribution in [-0.2, 0) is 22.9 Å². The second-order valence-corrected chi connectivity index (χ2v) is 10.2. The van der Waals surface area contributed by atoms with Gasteiger partial charge in [0.15, 0.2) is 0 Å². The van der Waals surface area contributed by atoms with E-state index in [0.717, 1.165) is 40.5 Å². The third kappa shape index (κ3) is 3.66. The van der Waals surface area contributed by atoms with E-state index < -0.39 is 10.0 Å². The van der Waals surface area contributed by atoms with Gasteiger partial charge in [-0.05, 0) is 54.5 Å².